The lowest BCUT2D eigenvalue weighted by Gasteiger charge is -2.38. The molecule has 1 N–H and O–H groups in total. The van der Waals surface area contributed by atoms with Crippen molar-refractivity contribution in [1.82, 2.24) is 15.1 Å². The van der Waals surface area contributed by atoms with Crippen molar-refractivity contribution < 1.29 is 14.3 Å². The van der Waals surface area contributed by atoms with Crippen LogP contribution in [0, 0.1) is 13.8 Å². The van der Waals surface area contributed by atoms with E-state index in [1.165, 1.54) is 6.42 Å². The number of benzene rings is 1. The first kappa shape index (κ1) is 20.4. The fraction of sp³-hybridized carbons (Fsp3) is 0.545. The number of esters is 1. The van der Waals surface area contributed by atoms with Crippen LogP contribution in [0.15, 0.2) is 29.5 Å². The first-order valence-electron chi connectivity index (χ1n) is 10.2. The highest BCUT2D eigenvalue weighted by Gasteiger charge is 2.37. The Kier molecular flexibility index (Phi) is 6.39. The molecule has 28 heavy (non-hydrogen) atoms. The molecule has 152 valence electrons. The zero-order chi connectivity index (χ0) is 20.3. The first-order valence-corrected chi connectivity index (χ1v) is 10.2. The van der Waals surface area contributed by atoms with Gasteiger partial charge in [0.05, 0.1) is 18.2 Å². The third-order valence-electron chi connectivity index (χ3n) is 5.63. The van der Waals surface area contributed by atoms with E-state index in [1.54, 1.807) is 18.9 Å². The van der Waals surface area contributed by atoms with E-state index in [2.05, 4.69) is 16.3 Å². The van der Waals surface area contributed by atoms with Crippen molar-refractivity contribution in [2.75, 3.05) is 33.3 Å². The number of piperidine rings is 1. The lowest BCUT2D eigenvalue weighted by atomic mass is 9.90. The molecule has 0 aliphatic carbocycles. The highest BCUT2D eigenvalue weighted by molar-refractivity contribution is 5.95. The Morgan fingerprint density at radius 2 is 1.93 bits per heavy atom. The molecule has 1 aromatic rings. The van der Waals surface area contributed by atoms with Gasteiger partial charge in [0.15, 0.2) is 0 Å². The van der Waals surface area contributed by atoms with Crippen molar-refractivity contribution in [2.24, 2.45) is 0 Å². The predicted octanol–water partition coefficient (Wildman–Crippen LogP) is 3.30. The number of amides is 2. The summed E-state index contributed by atoms with van der Waals surface area (Å²) in [6.07, 6.45) is 3.54. The summed E-state index contributed by atoms with van der Waals surface area (Å²) in [5, 5.41) is 3.01. The van der Waals surface area contributed by atoms with Gasteiger partial charge in [-0.15, -0.1) is 0 Å². The minimum atomic E-state index is -0.497. The molecule has 1 saturated heterocycles. The molecule has 1 unspecified atom stereocenters. The number of nitrogens with zero attached hydrogens (tertiary/aromatic N) is 2. The Labute approximate surface area is 167 Å². The van der Waals surface area contributed by atoms with Gasteiger partial charge in [0.2, 0.25) is 0 Å². The fourth-order valence-electron chi connectivity index (χ4n) is 4.11. The SMILES string of the molecule is CCOC(=O)C1=C(CN2CCCCC2)N(C)C(=O)NC1c1ccc(C)cc1C. The van der Waals surface area contributed by atoms with E-state index in [0.29, 0.717) is 18.7 Å². The number of hydrogen-bond donors (Lipinski definition) is 1. The molecule has 0 radical (unpaired) electrons. The summed E-state index contributed by atoms with van der Waals surface area (Å²) in [6.45, 7) is 8.72. The third-order valence-corrected chi connectivity index (χ3v) is 5.63. The number of ether oxygens (including phenoxy) is 1. The van der Waals surface area contributed by atoms with Crippen molar-refractivity contribution in [1.29, 1.82) is 0 Å². The Morgan fingerprint density at radius 1 is 1.21 bits per heavy atom. The summed E-state index contributed by atoms with van der Waals surface area (Å²) in [5.41, 5.74) is 4.42. The largest absolute Gasteiger partial charge is 0.463 e. The van der Waals surface area contributed by atoms with Crippen LogP contribution < -0.4 is 5.32 Å². The van der Waals surface area contributed by atoms with Crippen LogP contribution >= 0.6 is 0 Å². The number of carbonyl (C=O) groups excluding carboxylic acids is 2. The van der Waals surface area contributed by atoms with Crippen molar-refractivity contribution in [3.05, 3.63) is 46.2 Å². The van der Waals surface area contributed by atoms with Gasteiger partial charge in [0, 0.05) is 19.3 Å². The molecule has 0 spiro atoms. The summed E-state index contributed by atoms with van der Waals surface area (Å²) >= 11 is 0. The van der Waals surface area contributed by atoms with Crippen molar-refractivity contribution in [3.8, 4) is 0 Å². The van der Waals surface area contributed by atoms with Gasteiger partial charge < -0.3 is 10.1 Å². The number of nitrogens with one attached hydrogen (secondary N) is 1. The maximum atomic E-state index is 13.0. The molecular weight excluding hydrogens is 354 g/mol. The maximum Gasteiger partial charge on any atom is 0.338 e. The molecule has 2 amide bonds. The van der Waals surface area contributed by atoms with E-state index in [0.717, 1.165) is 48.3 Å². The van der Waals surface area contributed by atoms with E-state index in [-0.39, 0.29) is 12.0 Å². The molecule has 3 rings (SSSR count). The lowest BCUT2D eigenvalue weighted by molar-refractivity contribution is -0.139. The Balaban J connectivity index is 2.07. The molecule has 2 aliphatic rings. The van der Waals surface area contributed by atoms with Gasteiger partial charge in [-0.3, -0.25) is 9.80 Å². The predicted molar refractivity (Wildman–Crippen MR) is 109 cm³/mol. The van der Waals surface area contributed by atoms with Crippen LogP contribution in [0.3, 0.4) is 0 Å². The van der Waals surface area contributed by atoms with E-state index < -0.39 is 6.04 Å². The molecule has 0 saturated carbocycles. The second kappa shape index (κ2) is 8.78. The third kappa shape index (κ3) is 4.22. The van der Waals surface area contributed by atoms with Crippen LogP contribution in [0.4, 0.5) is 4.79 Å². The number of urea groups is 1. The standard InChI is InChI=1S/C22H31N3O3/c1-5-28-21(26)19-18(14-25-11-7-6-8-12-25)24(4)22(27)23-20(19)17-10-9-15(2)13-16(17)3/h9-10,13,20H,5-8,11-12,14H2,1-4H3,(H,23,27). The van der Waals surface area contributed by atoms with Crippen LogP contribution in [0.5, 0.6) is 0 Å². The zero-order valence-electron chi connectivity index (χ0n) is 17.4. The van der Waals surface area contributed by atoms with E-state index in [1.807, 2.05) is 26.0 Å². The summed E-state index contributed by atoms with van der Waals surface area (Å²) in [4.78, 5) is 29.6. The quantitative estimate of drug-likeness (QED) is 0.790. The molecule has 1 atom stereocenters. The maximum absolute atomic E-state index is 13.0. The number of likely N-dealkylation sites (tertiary alicyclic amines) is 1. The van der Waals surface area contributed by atoms with Gasteiger partial charge in [0.25, 0.3) is 0 Å². The normalized spacial score (nSPS) is 20.9. The fourth-order valence-corrected chi connectivity index (χ4v) is 4.11. The van der Waals surface area contributed by atoms with Crippen LogP contribution in [-0.2, 0) is 9.53 Å². The van der Waals surface area contributed by atoms with Gasteiger partial charge in [0.1, 0.15) is 0 Å². The van der Waals surface area contributed by atoms with Crippen LogP contribution in [0.25, 0.3) is 0 Å². The van der Waals surface area contributed by atoms with Gasteiger partial charge in [-0.25, -0.2) is 9.59 Å². The van der Waals surface area contributed by atoms with Crippen LogP contribution in [-0.4, -0.2) is 55.1 Å². The van der Waals surface area contributed by atoms with Crippen molar-refractivity contribution >= 4 is 12.0 Å². The minimum Gasteiger partial charge on any atom is -0.463 e. The smallest absolute Gasteiger partial charge is 0.338 e. The lowest BCUT2D eigenvalue weighted by Crippen LogP contribution is -2.49. The average Bonchev–Trinajstić information content (AvgIpc) is 2.66. The van der Waals surface area contributed by atoms with Crippen LogP contribution in [0.2, 0.25) is 0 Å². The van der Waals surface area contributed by atoms with Crippen molar-refractivity contribution in [3.63, 3.8) is 0 Å². The van der Waals surface area contributed by atoms with Crippen LogP contribution in [0.1, 0.15) is 48.9 Å². The molecule has 0 aromatic heterocycles. The first-order chi connectivity index (χ1) is 13.4. The summed E-state index contributed by atoms with van der Waals surface area (Å²) in [7, 11) is 1.73. The molecule has 6 nitrogen and oxygen atoms in total. The van der Waals surface area contributed by atoms with Gasteiger partial charge in [-0.2, -0.15) is 0 Å². The van der Waals surface area contributed by atoms with E-state index >= 15 is 0 Å². The summed E-state index contributed by atoms with van der Waals surface area (Å²) < 4.78 is 5.41. The Bertz CT molecular complexity index is 781. The molecule has 2 aliphatic heterocycles. The van der Waals surface area contributed by atoms with E-state index in [9.17, 15) is 9.59 Å². The second-order valence-electron chi connectivity index (χ2n) is 7.72. The topological polar surface area (TPSA) is 61.9 Å². The number of rotatable bonds is 5. The Morgan fingerprint density at radius 3 is 2.57 bits per heavy atom. The summed E-state index contributed by atoms with van der Waals surface area (Å²) in [6, 6.07) is 5.40. The van der Waals surface area contributed by atoms with Crippen molar-refractivity contribution in [2.45, 2.75) is 46.1 Å². The highest BCUT2D eigenvalue weighted by Crippen LogP contribution is 2.33. The van der Waals surface area contributed by atoms with E-state index in [4.69, 9.17) is 4.74 Å². The number of hydrogen-bond acceptors (Lipinski definition) is 4. The van der Waals surface area contributed by atoms with Gasteiger partial charge in [-0.05, 0) is 57.8 Å². The number of likely N-dealkylation sites (N-methyl/N-ethyl adjacent to an activating group) is 1. The molecule has 6 heteroatoms. The molecule has 2 heterocycles. The molecule has 1 aromatic carbocycles. The highest BCUT2D eigenvalue weighted by atomic mass is 16.5. The molecule has 0 bridgehead atoms. The van der Waals surface area contributed by atoms with Gasteiger partial charge in [-0.1, -0.05) is 30.2 Å². The molecular formula is C22H31N3O3. The minimum absolute atomic E-state index is 0.190. The number of carbonyl (C=O) groups is 2. The monoisotopic (exact) mass is 385 g/mol. The summed E-state index contributed by atoms with van der Waals surface area (Å²) in [5.74, 6) is -0.355. The molecule has 1 fully saturated rings. The Hall–Kier alpha value is -2.34. The zero-order valence-corrected chi connectivity index (χ0v) is 17.4. The average molecular weight is 386 g/mol. The number of aryl methyl sites for hydroxylation is 2. The second-order valence-corrected chi connectivity index (χ2v) is 7.72. The van der Waals surface area contributed by atoms with Gasteiger partial charge >= 0.3 is 12.0 Å².